The van der Waals surface area contributed by atoms with Gasteiger partial charge in [-0.1, -0.05) is 26.7 Å². The molecule has 2 rings (SSSR count). The normalized spacial score (nSPS) is 38.1. The zero-order chi connectivity index (χ0) is 13.7. The third-order valence-electron chi connectivity index (χ3n) is 5.64. The van der Waals surface area contributed by atoms with E-state index in [1.165, 1.54) is 58.0 Å². The average molecular weight is 267 g/mol. The van der Waals surface area contributed by atoms with Gasteiger partial charge in [0.05, 0.1) is 6.10 Å². The van der Waals surface area contributed by atoms with Gasteiger partial charge in [0, 0.05) is 6.54 Å². The number of aliphatic hydroxyl groups excluding tert-OH is 1. The van der Waals surface area contributed by atoms with Crippen LogP contribution in [0.15, 0.2) is 0 Å². The van der Waals surface area contributed by atoms with Crippen molar-refractivity contribution in [3.8, 4) is 0 Å². The fraction of sp³-hybridized carbons (Fsp3) is 1.00. The first-order valence-corrected chi connectivity index (χ1v) is 8.63. The van der Waals surface area contributed by atoms with E-state index < -0.39 is 0 Å². The molecule has 1 aliphatic heterocycles. The summed E-state index contributed by atoms with van der Waals surface area (Å²) in [5.74, 6) is 2.35. The monoisotopic (exact) mass is 267 g/mol. The van der Waals surface area contributed by atoms with Crippen LogP contribution in [0.2, 0.25) is 0 Å². The molecule has 19 heavy (non-hydrogen) atoms. The minimum Gasteiger partial charge on any atom is -0.393 e. The Morgan fingerprint density at radius 2 is 1.74 bits per heavy atom. The van der Waals surface area contributed by atoms with Gasteiger partial charge in [0.25, 0.3) is 0 Å². The molecule has 1 saturated heterocycles. The number of aliphatic hydroxyl groups is 1. The molecule has 112 valence electrons. The lowest BCUT2D eigenvalue weighted by Crippen LogP contribution is -2.39. The molecule has 0 aromatic rings. The van der Waals surface area contributed by atoms with Gasteiger partial charge >= 0.3 is 0 Å². The quantitative estimate of drug-likeness (QED) is 0.840. The van der Waals surface area contributed by atoms with Crippen molar-refractivity contribution in [1.29, 1.82) is 0 Å². The highest BCUT2D eigenvalue weighted by Crippen LogP contribution is 2.32. The third kappa shape index (κ3) is 4.46. The van der Waals surface area contributed by atoms with Crippen LogP contribution in [0, 0.1) is 17.8 Å². The van der Waals surface area contributed by atoms with E-state index in [2.05, 4.69) is 18.7 Å². The summed E-state index contributed by atoms with van der Waals surface area (Å²) in [6, 6.07) is 0. The SMILES string of the molecule is CCC1CCCN(CC2CC(CC)CCC2O)CC1. The summed E-state index contributed by atoms with van der Waals surface area (Å²) in [7, 11) is 0. The van der Waals surface area contributed by atoms with Crippen molar-refractivity contribution < 1.29 is 5.11 Å². The maximum Gasteiger partial charge on any atom is 0.0580 e. The smallest absolute Gasteiger partial charge is 0.0580 e. The predicted molar refractivity (Wildman–Crippen MR) is 81.2 cm³/mol. The van der Waals surface area contributed by atoms with E-state index in [1.54, 1.807) is 0 Å². The highest BCUT2D eigenvalue weighted by atomic mass is 16.3. The van der Waals surface area contributed by atoms with Crippen molar-refractivity contribution in [2.45, 2.75) is 71.3 Å². The predicted octanol–water partition coefficient (Wildman–Crippen LogP) is 3.69. The number of likely N-dealkylation sites (tertiary alicyclic amines) is 1. The van der Waals surface area contributed by atoms with Crippen molar-refractivity contribution in [3.63, 3.8) is 0 Å². The molecule has 2 aliphatic rings. The fourth-order valence-corrected chi connectivity index (χ4v) is 4.06. The van der Waals surface area contributed by atoms with Crippen molar-refractivity contribution in [1.82, 2.24) is 4.90 Å². The second kappa shape index (κ2) is 7.64. The Balaban J connectivity index is 1.81. The number of hydrogen-bond donors (Lipinski definition) is 1. The van der Waals surface area contributed by atoms with Gasteiger partial charge in [0.2, 0.25) is 0 Å². The summed E-state index contributed by atoms with van der Waals surface area (Å²) in [4.78, 5) is 2.64. The first kappa shape index (κ1) is 15.3. The van der Waals surface area contributed by atoms with E-state index in [-0.39, 0.29) is 6.10 Å². The highest BCUT2D eigenvalue weighted by molar-refractivity contribution is 4.82. The summed E-state index contributed by atoms with van der Waals surface area (Å²) < 4.78 is 0. The molecular weight excluding hydrogens is 234 g/mol. The molecule has 1 N–H and O–H groups in total. The van der Waals surface area contributed by atoms with Gasteiger partial charge in [-0.05, 0) is 69.4 Å². The van der Waals surface area contributed by atoms with Crippen LogP contribution in [0.1, 0.15) is 65.2 Å². The summed E-state index contributed by atoms with van der Waals surface area (Å²) >= 11 is 0. The van der Waals surface area contributed by atoms with Crippen molar-refractivity contribution in [2.24, 2.45) is 17.8 Å². The van der Waals surface area contributed by atoms with Crippen LogP contribution in [0.3, 0.4) is 0 Å². The van der Waals surface area contributed by atoms with Crippen LogP contribution in [0.5, 0.6) is 0 Å². The first-order valence-electron chi connectivity index (χ1n) is 8.63. The lowest BCUT2D eigenvalue weighted by atomic mass is 9.78. The van der Waals surface area contributed by atoms with E-state index in [9.17, 15) is 5.11 Å². The lowest BCUT2D eigenvalue weighted by molar-refractivity contribution is 0.0271. The Hall–Kier alpha value is -0.0800. The Labute approximate surface area is 119 Å². The zero-order valence-corrected chi connectivity index (χ0v) is 13.0. The molecule has 1 aliphatic carbocycles. The van der Waals surface area contributed by atoms with Gasteiger partial charge in [-0.25, -0.2) is 0 Å². The van der Waals surface area contributed by atoms with Crippen LogP contribution in [-0.2, 0) is 0 Å². The zero-order valence-electron chi connectivity index (χ0n) is 13.0. The number of rotatable bonds is 4. The summed E-state index contributed by atoms with van der Waals surface area (Å²) in [5.41, 5.74) is 0. The molecule has 2 fully saturated rings. The first-order chi connectivity index (χ1) is 9.22. The molecule has 0 amide bonds. The molecule has 0 aromatic carbocycles. The van der Waals surface area contributed by atoms with Crippen LogP contribution in [0.25, 0.3) is 0 Å². The molecule has 0 aromatic heterocycles. The topological polar surface area (TPSA) is 23.5 Å². The lowest BCUT2D eigenvalue weighted by Gasteiger charge is -2.36. The van der Waals surface area contributed by atoms with Gasteiger partial charge in [-0.3, -0.25) is 0 Å². The van der Waals surface area contributed by atoms with Gasteiger partial charge in [-0.15, -0.1) is 0 Å². The molecule has 1 heterocycles. The Kier molecular flexibility index (Phi) is 6.15. The highest BCUT2D eigenvalue weighted by Gasteiger charge is 2.30. The minimum atomic E-state index is -0.0342. The molecule has 0 spiro atoms. The van der Waals surface area contributed by atoms with E-state index in [4.69, 9.17) is 0 Å². The molecule has 0 bridgehead atoms. The Morgan fingerprint density at radius 1 is 0.947 bits per heavy atom. The van der Waals surface area contributed by atoms with Gasteiger partial charge in [0.1, 0.15) is 0 Å². The van der Waals surface area contributed by atoms with Crippen LogP contribution in [-0.4, -0.2) is 35.7 Å². The van der Waals surface area contributed by atoms with Crippen LogP contribution in [0.4, 0.5) is 0 Å². The maximum atomic E-state index is 10.3. The molecule has 4 unspecified atom stereocenters. The largest absolute Gasteiger partial charge is 0.393 e. The molecule has 4 atom stereocenters. The maximum absolute atomic E-state index is 10.3. The molecule has 2 nitrogen and oxygen atoms in total. The minimum absolute atomic E-state index is 0.0342. The van der Waals surface area contributed by atoms with E-state index in [1.807, 2.05) is 0 Å². The van der Waals surface area contributed by atoms with Gasteiger partial charge < -0.3 is 10.0 Å². The Morgan fingerprint density at radius 3 is 2.47 bits per heavy atom. The summed E-state index contributed by atoms with van der Waals surface area (Å²) in [6.07, 6.45) is 10.3. The second-order valence-electron chi connectivity index (χ2n) is 6.92. The summed E-state index contributed by atoms with van der Waals surface area (Å²) in [5, 5.41) is 10.3. The van der Waals surface area contributed by atoms with E-state index in [0.29, 0.717) is 5.92 Å². The third-order valence-corrected chi connectivity index (χ3v) is 5.64. The summed E-state index contributed by atoms with van der Waals surface area (Å²) in [6.45, 7) is 8.30. The standard InChI is InChI=1S/C17H33NO/c1-3-14-6-5-10-18(11-9-14)13-16-12-15(4-2)7-8-17(16)19/h14-17,19H,3-13H2,1-2H3. The van der Waals surface area contributed by atoms with Crippen LogP contribution >= 0.6 is 0 Å². The van der Waals surface area contributed by atoms with Crippen molar-refractivity contribution >= 4 is 0 Å². The molecular formula is C17H33NO. The molecule has 1 saturated carbocycles. The second-order valence-corrected chi connectivity index (χ2v) is 6.92. The molecule has 2 heteroatoms. The number of hydrogen-bond acceptors (Lipinski definition) is 2. The van der Waals surface area contributed by atoms with Crippen molar-refractivity contribution in [2.75, 3.05) is 19.6 Å². The average Bonchev–Trinajstić information content (AvgIpc) is 2.66. The molecule has 0 radical (unpaired) electrons. The Bertz CT molecular complexity index is 256. The van der Waals surface area contributed by atoms with Crippen molar-refractivity contribution in [3.05, 3.63) is 0 Å². The van der Waals surface area contributed by atoms with E-state index in [0.717, 1.165) is 24.8 Å². The fourth-order valence-electron chi connectivity index (χ4n) is 4.06. The van der Waals surface area contributed by atoms with Gasteiger partial charge in [0.15, 0.2) is 0 Å². The number of nitrogens with zero attached hydrogens (tertiary/aromatic N) is 1. The van der Waals surface area contributed by atoms with E-state index >= 15 is 0 Å². The van der Waals surface area contributed by atoms with Gasteiger partial charge in [-0.2, -0.15) is 0 Å². The van der Waals surface area contributed by atoms with Crippen LogP contribution < -0.4 is 0 Å².